The number of nitrogens with one attached hydrogen (secondary N) is 1. The highest BCUT2D eigenvalue weighted by atomic mass is 16.5. The molecule has 100 valence electrons. The van der Waals surface area contributed by atoms with Gasteiger partial charge in [-0.2, -0.15) is 0 Å². The van der Waals surface area contributed by atoms with E-state index in [2.05, 4.69) is 4.98 Å². The van der Waals surface area contributed by atoms with Crippen molar-refractivity contribution in [3.63, 3.8) is 0 Å². The Labute approximate surface area is 108 Å². The standard InChI is InChI=1S/C13H14N2O4/c1-3-19-10-7-5-4-6-9(10)15-12(17)8(2)11(16)14-13(15)18/h4-7,17H,3H2,1-2H3,(H,14,16,18). The van der Waals surface area contributed by atoms with Gasteiger partial charge in [0, 0.05) is 0 Å². The number of aromatic hydroxyl groups is 1. The molecule has 2 N–H and O–H groups in total. The fraction of sp³-hybridized carbons (Fsp3) is 0.231. The molecule has 0 spiro atoms. The Balaban J connectivity index is 2.76. The van der Waals surface area contributed by atoms with E-state index in [4.69, 9.17) is 4.74 Å². The molecular weight excluding hydrogens is 248 g/mol. The summed E-state index contributed by atoms with van der Waals surface area (Å²) in [4.78, 5) is 25.4. The number of aromatic nitrogens is 2. The van der Waals surface area contributed by atoms with Gasteiger partial charge < -0.3 is 9.84 Å². The van der Waals surface area contributed by atoms with Gasteiger partial charge in [0.15, 0.2) is 0 Å². The average Bonchev–Trinajstić information content (AvgIpc) is 2.38. The van der Waals surface area contributed by atoms with Crippen LogP contribution in [0, 0.1) is 6.92 Å². The largest absolute Gasteiger partial charge is 0.494 e. The van der Waals surface area contributed by atoms with Gasteiger partial charge in [-0.15, -0.1) is 0 Å². The number of rotatable bonds is 3. The van der Waals surface area contributed by atoms with E-state index in [1.165, 1.54) is 6.92 Å². The SMILES string of the molecule is CCOc1ccccc1-n1c(O)c(C)c(=O)[nH]c1=O. The van der Waals surface area contributed by atoms with Crippen LogP contribution in [0.5, 0.6) is 11.6 Å². The van der Waals surface area contributed by atoms with Crippen molar-refractivity contribution in [3.05, 3.63) is 50.7 Å². The lowest BCUT2D eigenvalue weighted by Crippen LogP contribution is -2.30. The molecule has 0 aliphatic heterocycles. The lowest BCUT2D eigenvalue weighted by Gasteiger charge is -2.13. The zero-order valence-electron chi connectivity index (χ0n) is 10.6. The number of benzene rings is 1. The summed E-state index contributed by atoms with van der Waals surface area (Å²) < 4.78 is 6.42. The second-order valence-corrected chi connectivity index (χ2v) is 3.94. The van der Waals surface area contributed by atoms with Crippen LogP contribution in [0.25, 0.3) is 5.69 Å². The summed E-state index contributed by atoms with van der Waals surface area (Å²) in [6.07, 6.45) is 0. The predicted octanol–water partition coefficient (Wildman–Crippen LogP) is 0.939. The van der Waals surface area contributed by atoms with Crippen LogP contribution in [-0.4, -0.2) is 21.3 Å². The van der Waals surface area contributed by atoms with Gasteiger partial charge in [0.1, 0.15) is 5.75 Å². The van der Waals surface area contributed by atoms with E-state index < -0.39 is 11.2 Å². The molecule has 0 amide bonds. The molecule has 1 aromatic carbocycles. The van der Waals surface area contributed by atoms with Crippen LogP contribution in [0.2, 0.25) is 0 Å². The third-order valence-corrected chi connectivity index (χ3v) is 2.72. The second-order valence-electron chi connectivity index (χ2n) is 3.94. The van der Waals surface area contributed by atoms with Gasteiger partial charge in [-0.05, 0) is 26.0 Å². The molecule has 0 saturated carbocycles. The molecule has 0 aliphatic rings. The molecular formula is C13H14N2O4. The maximum atomic E-state index is 11.9. The summed E-state index contributed by atoms with van der Waals surface area (Å²) in [5, 5.41) is 9.99. The van der Waals surface area contributed by atoms with Gasteiger partial charge in [0.25, 0.3) is 5.56 Å². The highest BCUT2D eigenvalue weighted by Crippen LogP contribution is 2.24. The lowest BCUT2D eigenvalue weighted by atomic mass is 10.2. The average molecular weight is 262 g/mol. The summed E-state index contributed by atoms with van der Waals surface area (Å²) in [6, 6.07) is 6.79. The number of aromatic amines is 1. The van der Waals surface area contributed by atoms with Gasteiger partial charge in [0.2, 0.25) is 5.88 Å². The molecule has 0 saturated heterocycles. The molecule has 2 rings (SSSR count). The monoisotopic (exact) mass is 262 g/mol. The van der Waals surface area contributed by atoms with Crippen molar-refractivity contribution in [2.24, 2.45) is 0 Å². The third-order valence-electron chi connectivity index (χ3n) is 2.72. The molecule has 0 radical (unpaired) electrons. The van der Waals surface area contributed by atoms with Crippen LogP contribution in [0.1, 0.15) is 12.5 Å². The number of hydrogen-bond acceptors (Lipinski definition) is 4. The van der Waals surface area contributed by atoms with E-state index in [1.54, 1.807) is 24.3 Å². The first-order valence-corrected chi connectivity index (χ1v) is 5.83. The Bertz CT molecular complexity index is 715. The first kappa shape index (κ1) is 12.9. The molecule has 2 aromatic rings. The van der Waals surface area contributed by atoms with Crippen molar-refractivity contribution in [1.82, 2.24) is 9.55 Å². The molecule has 6 nitrogen and oxygen atoms in total. The van der Waals surface area contributed by atoms with Gasteiger partial charge in [-0.25, -0.2) is 9.36 Å². The van der Waals surface area contributed by atoms with Crippen molar-refractivity contribution in [2.75, 3.05) is 6.61 Å². The van der Waals surface area contributed by atoms with Gasteiger partial charge in [0.05, 0.1) is 17.9 Å². The normalized spacial score (nSPS) is 10.4. The highest BCUT2D eigenvalue weighted by molar-refractivity contribution is 5.49. The fourth-order valence-electron chi connectivity index (χ4n) is 1.76. The topological polar surface area (TPSA) is 84.3 Å². The van der Waals surface area contributed by atoms with Crippen LogP contribution in [-0.2, 0) is 0 Å². The summed E-state index contributed by atoms with van der Waals surface area (Å²) >= 11 is 0. The molecule has 6 heteroatoms. The van der Waals surface area contributed by atoms with Crippen molar-refractivity contribution in [2.45, 2.75) is 13.8 Å². The second kappa shape index (κ2) is 5.01. The zero-order valence-corrected chi connectivity index (χ0v) is 10.6. The fourth-order valence-corrected chi connectivity index (χ4v) is 1.76. The summed E-state index contributed by atoms with van der Waals surface area (Å²) in [6.45, 7) is 3.68. The van der Waals surface area contributed by atoms with Crippen molar-refractivity contribution in [3.8, 4) is 17.3 Å². The molecule has 1 heterocycles. The zero-order chi connectivity index (χ0) is 14.0. The number of nitrogens with zero attached hydrogens (tertiary/aromatic N) is 1. The Hall–Kier alpha value is -2.50. The molecule has 1 aromatic heterocycles. The third kappa shape index (κ3) is 2.24. The Morgan fingerprint density at radius 1 is 1.32 bits per heavy atom. The van der Waals surface area contributed by atoms with Crippen LogP contribution >= 0.6 is 0 Å². The van der Waals surface area contributed by atoms with Crippen LogP contribution in [0.4, 0.5) is 0 Å². The Morgan fingerprint density at radius 3 is 2.68 bits per heavy atom. The number of hydrogen-bond donors (Lipinski definition) is 2. The number of ether oxygens (including phenoxy) is 1. The smallest absolute Gasteiger partial charge is 0.335 e. The first-order chi connectivity index (χ1) is 9.06. The molecule has 0 atom stereocenters. The lowest BCUT2D eigenvalue weighted by molar-refractivity contribution is 0.336. The molecule has 0 fully saturated rings. The molecule has 19 heavy (non-hydrogen) atoms. The minimum Gasteiger partial charge on any atom is -0.494 e. The number of para-hydroxylation sites is 2. The minimum atomic E-state index is -0.708. The summed E-state index contributed by atoms with van der Waals surface area (Å²) in [5.74, 6) is 0.0646. The summed E-state index contributed by atoms with van der Waals surface area (Å²) in [5.41, 5.74) is -0.856. The van der Waals surface area contributed by atoms with E-state index in [9.17, 15) is 14.7 Å². The van der Waals surface area contributed by atoms with E-state index in [1.807, 2.05) is 6.92 Å². The highest BCUT2D eigenvalue weighted by Gasteiger charge is 2.15. The Kier molecular flexibility index (Phi) is 3.41. The predicted molar refractivity (Wildman–Crippen MR) is 70.2 cm³/mol. The van der Waals surface area contributed by atoms with Crippen LogP contribution in [0.15, 0.2) is 33.9 Å². The number of H-pyrrole nitrogens is 1. The summed E-state index contributed by atoms with van der Waals surface area (Å²) in [7, 11) is 0. The molecule has 0 aliphatic carbocycles. The van der Waals surface area contributed by atoms with Crippen LogP contribution < -0.4 is 16.0 Å². The maximum Gasteiger partial charge on any atom is 0.335 e. The maximum absolute atomic E-state index is 11.9. The van der Waals surface area contributed by atoms with Gasteiger partial charge in [-0.1, -0.05) is 12.1 Å². The van der Waals surface area contributed by atoms with Crippen molar-refractivity contribution >= 4 is 0 Å². The van der Waals surface area contributed by atoms with Crippen molar-refractivity contribution in [1.29, 1.82) is 0 Å². The van der Waals surface area contributed by atoms with Crippen LogP contribution in [0.3, 0.4) is 0 Å². The quantitative estimate of drug-likeness (QED) is 0.862. The Morgan fingerprint density at radius 2 is 2.00 bits per heavy atom. The van der Waals surface area contributed by atoms with Gasteiger partial charge in [-0.3, -0.25) is 9.78 Å². The van der Waals surface area contributed by atoms with E-state index >= 15 is 0 Å². The van der Waals surface area contributed by atoms with Gasteiger partial charge >= 0.3 is 5.69 Å². The molecule has 0 bridgehead atoms. The first-order valence-electron chi connectivity index (χ1n) is 5.83. The van der Waals surface area contributed by atoms with E-state index in [-0.39, 0.29) is 11.4 Å². The van der Waals surface area contributed by atoms with E-state index in [0.717, 1.165) is 4.57 Å². The minimum absolute atomic E-state index is 0.0749. The molecule has 0 unspecified atom stereocenters. The van der Waals surface area contributed by atoms with E-state index in [0.29, 0.717) is 18.0 Å². The van der Waals surface area contributed by atoms with Crippen molar-refractivity contribution < 1.29 is 9.84 Å².